The molecule has 0 saturated carbocycles. The number of hydrogen-bond donors (Lipinski definition) is 1. The average molecular weight is 384 g/mol. The third kappa shape index (κ3) is 3.86. The fraction of sp³-hybridized carbons (Fsp3) is 0.364. The Bertz CT molecular complexity index is 853. The number of amides is 3. The minimum absolute atomic E-state index is 0.147. The molecular weight excluding hydrogens is 359 g/mol. The maximum atomic E-state index is 13.4. The lowest BCUT2D eigenvalue weighted by Gasteiger charge is -2.27. The van der Waals surface area contributed by atoms with Crippen LogP contribution in [0.1, 0.15) is 37.3 Å². The van der Waals surface area contributed by atoms with E-state index in [0.717, 1.165) is 24.2 Å². The van der Waals surface area contributed by atoms with Crippen molar-refractivity contribution >= 4 is 11.9 Å². The normalized spacial score (nSPS) is 19.0. The van der Waals surface area contributed by atoms with Gasteiger partial charge in [0.1, 0.15) is 23.7 Å². The van der Waals surface area contributed by atoms with Crippen molar-refractivity contribution in [3.05, 3.63) is 65.5 Å². The third-order valence-electron chi connectivity index (χ3n) is 5.08. The number of rotatable bonds is 8. The van der Waals surface area contributed by atoms with Crippen LogP contribution in [0.5, 0.6) is 5.75 Å². The molecule has 2 aromatic rings. The van der Waals surface area contributed by atoms with E-state index in [1.807, 2.05) is 38.1 Å². The molecule has 0 aromatic heterocycles. The number of urea groups is 1. The van der Waals surface area contributed by atoms with Crippen LogP contribution in [-0.2, 0) is 10.3 Å². The number of halogens is 1. The first-order valence-electron chi connectivity index (χ1n) is 9.56. The standard InChI is InChI=1S/C22H25FN2O3/c1-3-4-13-22(17-9-11-18(23)12-10-17)20(26)25(21(27)24-22)14-15-28-19-8-6-5-7-16(19)2/h5-12H,3-4,13-15H2,1-2H3,(H,24,27)/t22-/m1/s1. The Kier molecular flexibility index (Phi) is 5.97. The minimum Gasteiger partial charge on any atom is -0.491 e. The van der Waals surface area contributed by atoms with Gasteiger partial charge in [-0.3, -0.25) is 9.69 Å². The molecule has 1 N–H and O–H groups in total. The number of para-hydroxylation sites is 1. The van der Waals surface area contributed by atoms with Gasteiger partial charge in [0.15, 0.2) is 0 Å². The fourth-order valence-electron chi connectivity index (χ4n) is 3.48. The Morgan fingerprint density at radius 1 is 1.11 bits per heavy atom. The summed E-state index contributed by atoms with van der Waals surface area (Å²) in [4.78, 5) is 27.0. The molecule has 0 unspecified atom stereocenters. The van der Waals surface area contributed by atoms with Crippen molar-refractivity contribution in [3.8, 4) is 5.75 Å². The molecule has 1 aliphatic heterocycles. The second kappa shape index (κ2) is 8.42. The molecule has 3 rings (SSSR count). The Morgan fingerprint density at radius 2 is 1.82 bits per heavy atom. The van der Waals surface area contributed by atoms with E-state index >= 15 is 0 Å². The van der Waals surface area contributed by atoms with Crippen molar-refractivity contribution in [1.82, 2.24) is 10.2 Å². The Morgan fingerprint density at radius 3 is 2.50 bits per heavy atom. The highest BCUT2D eigenvalue weighted by Gasteiger charge is 2.51. The summed E-state index contributed by atoms with van der Waals surface area (Å²) in [5.74, 6) is 0.0333. The van der Waals surface area contributed by atoms with E-state index in [0.29, 0.717) is 12.0 Å². The highest BCUT2D eigenvalue weighted by atomic mass is 19.1. The molecule has 28 heavy (non-hydrogen) atoms. The van der Waals surface area contributed by atoms with Crippen LogP contribution in [0.25, 0.3) is 0 Å². The van der Waals surface area contributed by atoms with Gasteiger partial charge in [-0.05, 0) is 42.7 Å². The van der Waals surface area contributed by atoms with Crippen LogP contribution in [-0.4, -0.2) is 30.0 Å². The number of nitrogens with zero attached hydrogens (tertiary/aromatic N) is 1. The van der Waals surface area contributed by atoms with E-state index < -0.39 is 11.6 Å². The van der Waals surface area contributed by atoms with Gasteiger partial charge in [0.05, 0.1) is 6.54 Å². The van der Waals surface area contributed by atoms with Gasteiger partial charge in [0, 0.05) is 0 Å². The van der Waals surface area contributed by atoms with Crippen LogP contribution >= 0.6 is 0 Å². The molecule has 1 saturated heterocycles. The topological polar surface area (TPSA) is 58.6 Å². The van der Waals surface area contributed by atoms with E-state index in [1.165, 1.54) is 17.0 Å². The molecule has 6 heteroatoms. The summed E-state index contributed by atoms with van der Waals surface area (Å²) >= 11 is 0. The zero-order valence-electron chi connectivity index (χ0n) is 16.2. The first-order valence-corrected chi connectivity index (χ1v) is 9.56. The summed E-state index contributed by atoms with van der Waals surface area (Å²) in [5, 5.41) is 2.86. The van der Waals surface area contributed by atoms with Crippen molar-refractivity contribution in [3.63, 3.8) is 0 Å². The van der Waals surface area contributed by atoms with Gasteiger partial charge in [-0.25, -0.2) is 9.18 Å². The number of hydrogen-bond acceptors (Lipinski definition) is 3. The van der Waals surface area contributed by atoms with E-state index in [1.54, 1.807) is 12.1 Å². The molecule has 1 heterocycles. The Hall–Kier alpha value is -2.89. The van der Waals surface area contributed by atoms with Crippen LogP contribution in [0.2, 0.25) is 0 Å². The van der Waals surface area contributed by atoms with Gasteiger partial charge >= 0.3 is 6.03 Å². The smallest absolute Gasteiger partial charge is 0.325 e. The lowest BCUT2D eigenvalue weighted by atomic mass is 9.85. The molecule has 1 fully saturated rings. The second-order valence-corrected chi connectivity index (χ2v) is 7.02. The molecule has 148 valence electrons. The maximum Gasteiger partial charge on any atom is 0.325 e. The average Bonchev–Trinajstić information content (AvgIpc) is 2.93. The first kappa shape index (κ1) is 19.9. The van der Waals surface area contributed by atoms with E-state index in [4.69, 9.17) is 4.74 Å². The fourth-order valence-corrected chi connectivity index (χ4v) is 3.48. The van der Waals surface area contributed by atoms with Crippen LogP contribution < -0.4 is 10.1 Å². The minimum atomic E-state index is -1.15. The molecular formula is C22H25FN2O3. The van der Waals surface area contributed by atoms with Gasteiger partial charge in [-0.15, -0.1) is 0 Å². The first-order chi connectivity index (χ1) is 13.5. The monoisotopic (exact) mass is 384 g/mol. The number of ether oxygens (including phenoxy) is 1. The van der Waals surface area contributed by atoms with Crippen molar-refractivity contribution in [2.75, 3.05) is 13.2 Å². The molecule has 1 atom stereocenters. The van der Waals surface area contributed by atoms with Gasteiger partial charge in [0.25, 0.3) is 5.91 Å². The summed E-state index contributed by atoms with van der Waals surface area (Å²) in [5.41, 5.74) is 0.440. The zero-order valence-corrected chi connectivity index (χ0v) is 16.2. The number of carbonyl (C=O) groups excluding carboxylic acids is 2. The van der Waals surface area contributed by atoms with E-state index in [-0.39, 0.29) is 24.9 Å². The van der Waals surface area contributed by atoms with Gasteiger partial charge in [-0.1, -0.05) is 50.1 Å². The molecule has 2 aromatic carbocycles. The summed E-state index contributed by atoms with van der Waals surface area (Å²) in [6.07, 6.45) is 2.11. The highest BCUT2D eigenvalue weighted by molar-refractivity contribution is 6.07. The SMILES string of the molecule is CCCC[C@]1(c2ccc(F)cc2)NC(=O)N(CCOc2ccccc2C)C1=O. The summed E-state index contributed by atoms with van der Waals surface area (Å²) in [6.45, 7) is 4.31. The van der Waals surface area contributed by atoms with E-state index in [2.05, 4.69) is 5.32 Å². The number of aryl methyl sites for hydroxylation is 1. The molecule has 0 spiro atoms. The molecule has 5 nitrogen and oxygen atoms in total. The molecule has 0 bridgehead atoms. The Labute approximate surface area is 164 Å². The molecule has 1 aliphatic rings. The predicted octanol–water partition coefficient (Wildman–Crippen LogP) is 4.15. The van der Waals surface area contributed by atoms with Crippen LogP contribution in [0.15, 0.2) is 48.5 Å². The number of nitrogens with one attached hydrogen (secondary N) is 1. The lowest BCUT2D eigenvalue weighted by molar-refractivity contribution is -0.132. The molecule has 0 aliphatic carbocycles. The lowest BCUT2D eigenvalue weighted by Crippen LogP contribution is -2.44. The van der Waals surface area contributed by atoms with Crippen molar-refractivity contribution in [2.24, 2.45) is 0 Å². The van der Waals surface area contributed by atoms with Crippen molar-refractivity contribution < 1.29 is 18.7 Å². The summed E-state index contributed by atoms with van der Waals surface area (Å²) in [6, 6.07) is 12.9. The quantitative estimate of drug-likeness (QED) is 0.696. The van der Waals surface area contributed by atoms with Gasteiger partial charge in [-0.2, -0.15) is 0 Å². The largest absolute Gasteiger partial charge is 0.491 e. The van der Waals surface area contributed by atoms with Crippen LogP contribution in [0, 0.1) is 12.7 Å². The molecule has 0 radical (unpaired) electrons. The van der Waals surface area contributed by atoms with Crippen molar-refractivity contribution in [2.45, 2.75) is 38.6 Å². The zero-order chi connectivity index (χ0) is 20.1. The third-order valence-corrected chi connectivity index (χ3v) is 5.08. The van der Waals surface area contributed by atoms with Crippen LogP contribution in [0.3, 0.4) is 0 Å². The summed E-state index contributed by atoms with van der Waals surface area (Å²) in [7, 11) is 0. The van der Waals surface area contributed by atoms with Gasteiger partial charge in [0.2, 0.25) is 0 Å². The summed E-state index contributed by atoms with van der Waals surface area (Å²) < 4.78 is 19.1. The van der Waals surface area contributed by atoms with Crippen molar-refractivity contribution in [1.29, 1.82) is 0 Å². The van der Waals surface area contributed by atoms with Gasteiger partial charge < -0.3 is 10.1 Å². The molecule has 3 amide bonds. The van der Waals surface area contributed by atoms with E-state index in [9.17, 15) is 14.0 Å². The second-order valence-electron chi connectivity index (χ2n) is 7.02. The number of imide groups is 1. The number of unbranched alkanes of at least 4 members (excludes halogenated alkanes) is 1. The number of benzene rings is 2. The highest BCUT2D eigenvalue weighted by Crippen LogP contribution is 2.34. The predicted molar refractivity (Wildman–Crippen MR) is 105 cm³/mol. The number of carbonyl (C=O) groups is 2. The van der Waals surface area contributed by atoms with Crippen LogP contribution in [0.4, 0.5) is 9.18 Å². The maximum absolute atomic E-state index is 13.4. The Balaban J connectivity index is 1.77.